The number of carbonyl (C=O) groups is 2. The highest BCUT2D eigenvalue weighted by Crippen LogP contribution is 2.20. The van der Waals surface area contributed by atoms with Gasteiger partial charge in [-0.15, -0.1) is 0 Å². The van der Waals surface area contributed by atoms with Gasteiger partial charge < -0.3 is 20.3 Å². The summed E-state index contributed by atoms with van der Waals surface area (Å²) in [6.07, 6.45) is 98.9. The second-order valence-electron chi connectivity index (χ2n) is 27.8. The third-order valence-electron chi connectivity index (χ3n) is 19.0. The van der Waals surface area contributed by atoms with Crippen LogP contribution in [0.15, 0.2) is 24.3 Å². The van der Waals surface area contributed by atoms with Gasteiger partial charge >= 0.3 is 5.97 Å². The molecule has 87 heavy (non-hydrogen) atoms. The molecule has 0 aliphatic rings. The summed E-state index contributed by atoms with van der Waals surface area (Å²) >= 11 is 0. The van der Waals surface area contributed by atoms with Crippen LogP contribution in [-0.2, 0) is 14.3 Å². The lowest BCUT2D eigenvalue weighted by atomic mass is 10.0. The van der Waals surface area contributed by atoms with E-state index in [9.17, 15) is 19.8 Å². The number of hydrogen-bond donors (Lipinski definition) is 3. The van der Waals surface area contributed by atoms with Gasteiger partial charge in [-0.05, 0) is 57.8 Å². The van der Waals surface area contributed by atoms with Crippen LogP contribution in [0.4, 0.5) is 0 Å². The third-order valence-corrected chi connectivity index (χ3v) is 19.0. The highest BCUT2D eigenvalue weighted by atomic mass is 16.5. The van der Waals surface area contributed by atoms with Crippen LogP contribution in [0.5, 0.6) is 0 Å². The largest absolute Gasteiger partial charge is 0.466 e. The fourth-order valence-electron chi connectivity index (χ4n) is 12.9. The topological polar surface area (TPSA) is 95.9 Å². The molecule has 516 valence electrons. The molecule has 0 saturated carbocycles. The Labute approximate surface area is 545 Å². The Kier molecular flexibility index (Phi) is 75.3. The molecule has 0 aromatic carbocycles. The van der Waals surface area contributed by atoms with Crippen molar-refractivity contribution in [1.29, 1.82) is 0 Å². The molecule has 6 heteroatoms. The zero-order valence-corrected chi connectivity index (χ0v) is 59.3. The quantitative estimate of drug-likeness (QED) is 0.0320. The fraction of sp³-hybridized carbons (Fsp3) is 0.926. The molecule has 3 N–H and O–H groups in total. The number of amides is 1. The normalized spacial score (nSPS) is 12.6. The molecule has 0 spiro atoms. The summed E-state index contributed by atoms with van der Waals surface area (Å²) in [7, 11) is 0. The Morgan fingerprint density at radius 2 is 0.540 bits per heavy atom. The first kappa shape index (κ1) is 85.3. The van der Waals surface area contributed by atoms with Crippen molar-refractivity contribution in [3.05, 3.63) is 24.3 Å². The van der Waals surface area contributed by atoms with Gasteiger partial charge in [0.2, 0.25) is 5.91 Å². The molecule has 1 amide bonds. The molecular formula is C81H157NO5. The van der Waals surface area contributed by atoms with Crippen molar-refractivity contribution in [2.75, 3.05) is 13.2 Å². The van der Waals surface area contributed by atoms with E-state index in [1.54, 1.807) is 6.08 Å². The maximum atomic E-state index is 12.5. The summed E-state index contributed by atoms with van der Waals surface area (Å²) < 4.78 is 5.52. The molecule has 0 fully saturated rings. The van der Waals surface area contributed by atoms with E-state index in [1.165, 1.54) is 392 Å². The minimum Gasteiger partial charge on any atom is -0.466 e. The van der Waals surface area contributed by atoms with Gasteiger partial charge in [0.15, 0.2) is 0 Å². The van der Waals surface area contributed by atoms with Gasteiger partial charge in [-0.2, -0.15) is 0 Å². The van der Waals surface area contributed by atoms with Crippen LogP contribution < -0.4 is 5.32 Å². The Bertz CT molecular complexity index is 1360. The summed E-state index contributed by atoms with van der Waals surface area (Å²) in [5.74, 6) is -0.0379. The van der Waals surface area contributed by atoms with Gasteiger partial charge in [0.05, 0.1) is 25.4 Å². The lowest BCUT2D eigenvalue weighted by molar-refractivity contribution is -0.143. The van der Waals surface area contributed by atoms with E-state index in [0.29, 0.717) is 19.4 Å². The monoisotopic (exact) mass is 1220 g/mol. The fourth-order valence-corrected chi connectivity index (χ4v) is 12.9. The van der Waals surface area contributed by atoms with Crippen molar-refractivity contribution in [3.8, 4) is 0 Å². The molecule has 0 heterocycles. The summed E-state index contributed by atoms with van der Waals surface area (Å²) in [4.78, 5) is 24.6. The average Bonchev–Trinajstić information content (AvgIpc) is 3.56. The van der Waals surface area contributed by atoms with Gasteiger partial charge in [0, 0.05) is 12.8 Å². The van der Waals surface area contributed by atoms with E-state index in [2.05, 4.69) is 31.3 Å². The van der Waals surface area contributed by atoms with Crippen molar-refractivity contribution in [1.82, 2.24) is 5.32 Å². The number of aliphatic hydroxyl groups is 2. The molecule has 0 aromatic heterocycles. The number of carbonyl (C=O) groups excluding carboxylic acids is 2. The maximum absolute atomic E-state index is 12.5. The number of aliphatic hydroxyl groups excluding tert-OH is 2. The van der Waals surface area contributed by atoms with E-state index in [4.69, 9.17) is 4.74 Å². The van der Waals surface area contributed by atoms with Crippen molar-refractivity contribution in [3.63, 3.8) is 0 Å². The van der Waals surface area contributed by atoms with Gasteiger partial charge in [-0.25, -0.2) is 0 Å². The molecule has 0 bridgehead atoms. The Balaban J connectivity index is 3.30. The molecule has 6 nitrogen and oxygen atoms in total. The summed E-state index contributed by atoms with van der Waals surface area (Å²) in [6, 6.07) is -0.623. The lowest BCUT2D eigenvalue weighted by Gasteiger charge is -2.20. The number of unbranched alkanes of at least 4 members (excludes halogenated alkanes) is 63. The molecule has 2 atom stereocenters. The van der Waals surface area contributed by atoms with Crippen molar-refractivity contribution in [2.24, 2.45) is 0 Å². The first-order chi connectivity index (χ1) is 43.0. The highest BCUT2D eigenvalue weighted by molar-refractivity contribution is 5.76. The van der Waals surface area contributed by atoms with Crippen molar-refractivity contribution >= 4 is 11.9 Å². The third kappa shape index (κ3) is 73.3. The number of rotatable bonds is 76. The highest BCUT2D eigenvalue weighted by Gasteiger charge is 2.18. The van der Waals surface area contributed by atoms with Gasteiger partial charge in [0.1, 0.15) is 0 Å². The predicted molar refractivity (Wildman–Crippen MR) is 384 cm³/mol. The standard InChI is InChI=1S/C81H157NO5/c1-3-5-7-9-11-13-15-17-19-20-43-47-51-55-59-63-67-71-75-81(86)87-76-72-68-64-60-56-52-48-44-41-39-37-35-33-31-29-27-25-23-21-22-24-26-28-30-32-34-36-38-40-42-46-50-54-58-62-66-70-74-80(85)82-78(77-83)79(84)73-69-65-61-57-53-49-45-18-16-14-12-10-8-6-4-2/h19-20,69,73,78-79,83-84H,3-18,21-68,70-72,74-77H2,1-2H3,(H,82,85)/b20-19-,73-69+. The molecule has 0 aliphatic carbocycles. The second kappa shape index (κ2) is 76.8. The van der Waals surface area contributed by atoms with Crippen LogP contribution >= 0.6 is 0 Å². The van der Waals surface area contributed by atoms with Crippen LogP contribution in [0.3, 0.4) is 0 Å². The smallest absolute Gasteiger partial charge is 0.305 e. The zero-order chi connectivity index (χ0) is 62.8. The van der Waals surface area contributed by atoms with Crippen molar-refractivity contribution < 1.29 is 24.5 Å². The van der Waals surface area contributed by atoms with Crippen LogP contribution in [0.2, 0.25) is 0 Å². The molecule has 0 radical (unpaired) electrons. The van der Waals surface area contributed by atoms with E-state index in [1.807, 2.05) is 6.08 Å². The van der Waals surface area contributed by atoms with E-state index < -0.39 is 12.1 Å². The number of ether oxygens (including phenoxy) is 1. The van der Waals surface area contributed by atoms with E-state index in [0.717, 1.165) is 38.5 Å². The van der Waals surface area contributed by atoms with Gasteiger partial charge in [-0.3, -0.25) is 9.59 Å². The van der Waals surface area contributed by atoms with Crippen LogP contribution in [0, 0.1) is 0 Å². The first-order valence-electron chi connectivity index (χ1n) is 40.1. The summed E-state index contributed by atoms with van der Waals surface area (Å²) in [6.45, 7) is 4.95. The Morgan fingerprint density at radius 3 is 0.816 bits per heavy atom. The SMILES string of the molecule is CCCCCCCCC/C=C\CCCCCCCCCC(=O)OCCCCCCCCCCCCCCCCCCCCCCCCCCCCCCCCCCCCCCCC(=O)NC(CO)C(O)/C=C/CCCCCCCCCCCCCCC. The number of nitrogens with one attached hydrogen (secondary N) is 1. The van der Waals surface area contributed by atoms with Crippen LogP contribution in [-0.4, -0.2) is 47.4 Å². The first-order valence-corrected chi connectivity index (χ1v) is 40.1. The molecule has 2 unspecified atom stereocenters. The average molecular weight is 1230 g/mol. The summed E-state index contributed by atoms with van der Waals surface area (Å²) in [5, 5.41) is 23.2. The minimum absolute atomic E-state index is 0.0212. The number of allylic oxidation sites excluding steroid dienone is 3. The lowest BCUT2D eigenvalue weighted by Crippen LogP contribution is -2.45. The maximum Gasteiger partial charge on any atom is 0.305 e. The second-order valence-corrected chi connectivity index (χ2v) is 27.8. The van der Waals surface area contributed by atoms with E-state index >= 15 is 0 Å². The van der Waals surface area contributed by atoms with Gasteiger partial charge in [0.25, 0.3) is 0 Å². The Hall–Kier alpha value is -1.66. The minimum atomic E-state index is -0.840. The van der Waals surface area contributed by atoms with Gasteiger partial charge in [-0.1, -0.05) is 411 Å². The molecule has 0 aliphatic heterocycles. The Morgan fingerprint density at radius 1 is 0.310 bits per heavy atom. The predicted octanol–water partition coefficient (Wildman–Crippen LogP) is 26.4. The zero-order valence-electron chi connectivity index (χ0n) is 59.3. The number of esters is 1. The number of hydrogen-bond acceptors (Lipinski definition) is 5. The van der Waals surface area contributed by atoms with Crippen molar-refractivity contribution in [2.45, 2.75) is 469 Å². The molecule has 0 rings (SSSR count). The summed E-state index contributed by atoms with van der Waals surface area (Å²) in [5.41, 5.74) is 0. The van der Waals surface area contributed by atoms with Crippen LogP contribution in [0.1, 0.15) is 457 Å². The van der Waals surface area contributed by atoms with E-state index in [-0.39, 0.29) is 18.5 Å². The molecule has 0 aromatic rings. The van der Waals surface area contributed by atoms with Crippen LogP contribution in [0.25, 0.3) is 0 Å². The molecular weight excluding hydrogens is 1070 g/mol. The molecule has 0 saturated heterocycles.